The molecular formula is C38H57N7O7. The molecule has 286 valence electrons. The van der Waals surface area contributed by atoms with E-state index in [0.29, 0.717) is 80.9 Å². The maximum atomic E-state index is 13.2. The summed E-state index contributed by atoms with van der Waals surface area (Å²) in [6, 6.07) is 5.23. The van der Waals surface area contributed by atoms with Crippen LogP contribution in [0.15, 0.2) is 24.4 Å². The molecule has 2 N–H and O–H groups in total. The molecule has 3 amide bonds. The number of piperidine rings is 1. The van der Waals surface area contributed by atoms with E-state index in [0.717, 1.165) is 50.8 Å². The lowest BCUT2D eigenvalue weighted by Gasteiger charge is -2.43. The number of methoxy groups -OCH3 is 1. The third-order valence-corrected chi connectivity index (χ3v) is 9.75. The molecule has 1 aromatic carbocycles. The van der Waals surface area contributed by atoms with Crippen molar-refractivity contribution in [2.75, 3.05) is 68.7 Å². The van der Waals surface area contributed by atoms with Crippen molar-refractivity contribution in [3.05, 3.63) is 30.0 Å². The predicted octanol–water partition coefficient (Wildman–Crippen LogP) is 5.68. The number of likely N-dealkylation sites (tertiary alicyclic amines) is 1. The number of fused-ring (bicyclic) bond motifs is 1. The van der Waals surface area contributed by atoms with Gasteiger partial charge in [0.15, 0.2) is 5.82 Å². The van der Waals surface area contributed by atoms with Crippen LogP contribution in [0, 0.1) is 0 Å². The highest BCUT2D eigenvalue weighted by Gasteiger charge is 2.41. The molecule has 1 aromatic heterocycles. The second-order valence-electron chi connectivity index (χ2n) is 14.7. The molecule has 3 aliphatic rings. The molecule has 14 heteroatoms. The number of rotatable bonds is 15. The van der Waals surface area contributed by atoms with Gasteiger partial charge in [0.1, 0.15) is 23.1 Å². The van der Waals surface area contributed by atoms with Gasteiger partial charge >= 0.3 is 6.09 Å². The number of nitrogens with one attached hydrogen (secondary N) is 2. The van der Waals surface area contributed by atoms with Crippen molar-refractivity contribution in [1.29, 1.82) is 0 Å². The second-order valence-corrected chi connectivity index (χ2v) is 14.7. The number of anilines is 4. The summed E-state index contributed by atoms with van der Waals surface area (Å²) in [7, 11) is 3.34. The summed E-state index contributed by atoms with van der Waals surface area (Å²) in [5.41, 5.74) is 1.32. The number of hydrogen-bond donors (Lipinski definition) is 2. The van der Waals surface area contributed by atoms with Crippen LogP contribution >= 0.6 is 0 Å². The highest BCUT2D eigenvalue weighted by Crippen LogP contribution is 2.40. The van der Waals surface area contributed by atoms with Gasteiger partial charge < -0.3 is 44.3 Å². The summed E-state index contributed by atoms with van der Waals surface area (Å²) in [5.74, 6) is 1.51. The molecule has 52 heavy (non-hydrogen) atoms. The largest absolute Gasteiger partial charge is 0.495 e. The Balaban J connectivity index is 1.02. The highest BCUT2D eigenvalue weighted by molar-refractivity contribution is 6.04. The van der Waals surface area contributed by atoms with Crippen molar-refractivity contribution in [3.63, 3.8) is 0 Å². The van der Waals surface area contributed by atoms with E-state index in [-0.39, 0.29) is 36.1 Å². The Kier molecular flexibility index (Phi) is 13.6. The Labute approximate surface area is 307 Å². The zero-order valence-electron chi connectivity index (χ0n) is 31.7. The predicted molar refractivity (Wildman–Crippen MR) is 200 cm³/mol. The first kappa shape index (κ1) is 39.0. The number of amides is 3. The monoisotopic (exact) mass is 723 g/mol. The lowest BCUT2D eigenvalue weighted by molar-refractivity contribution is -0.120. The number of carbonyl (C=O) groups is 3. The lowest BCUT2D eigenvalue weighted by atomic mass is 10.0. The number of nitrogens with zero attached hydrogens (tertiary/aromatic N) is 5. The van der Waals surface area contributed by atoms with Crippen LogP contribution in [-0.4, -0.2) is 110 Å². The van der Waals surface area contributed by atoms with Gasteiger partial charge in [-0.2, -0.15) is 4.98 Å². The number of aromatic nitrogens is 2. The summed E-state index contributed by atoms with van der Waals surface area (Å²) in [6.07, 6.45) is 9.73. The van der Waals surface area contributed by atoms with Crippen molar-refractivity contribution in [1.82, 2.24) is 20.2 Å². The van der Waals surface area contributed by atoms with E-state index in [9.17, 15) is 14.4 Å². The van der Waals surface area contributed by atoms with Crippen LogP contribution < -0.4 is 25.2 Å². The summed E-state index contributed by atoms with van der Waals surface area (Å²) in [4.78, 5) is 53.4. The van der Waals surface area contributed by atoms with Crippen LogP contribution in [0.2, 0.25) is 0 Å². The molecule has 1 saturated heterocycles. The Bertz CT molecular complexity index is 1520. The van der Waals surface area contributed by atoms with Crippen LogP contribution in [-0.2, 0) is 19.0 Å². The summed E-state index contributed by atoms with van der Waals surface area (Å²) >= 11 is 0. The van der Waals surface area contributed by atoms with Gasteiger partial charge in [-0.05, 0) is 83.9 Å². The molecule has 1 saturated carbocycles. The summed E-state index contributed by atoms with van der Waals surface area (Å²) in [5, 5.41) is 6.22. The van der Waals surface area contributed by atoms with Gasteiger partial charge in [0.2, 0.25) is 11.9 Å². The van der Waals surface area contributed by atoms with Crippen LogP contribution in [0.1, 0.15) is 95.8 Å². The standard InChI is InChI=1S/C38H57N7O7/c1-7-30-35(47)43(5)31-25-40-36(42-33(31)45(30)27-12-8-9-13-27)41-29-15-14-26(24-32(29)49-6)34(46)39-18-10-21-50-22-11-23-51-28-16-19-44(20-17-28)37(48)52-38(2,3)4/h14-15,24-25,27-28,30H,7-13,16-23H2,1-6H3,(H,39,46)(H,40,41,42)/t30-/m1/s1. The fourth-order valence-electron chi connectivity index (χ4n) is 7.02. The minimum absolute atomic E-state index is 0.0715. The van der Waals surface area contributed by atoms with Gasteiger partial charge in [0.05, 0.1) is 25.1 Å². The topological polar surface area (TPSA) is 148 Å². The van der Waals surface area contributed by atoms with Gasteiger partial charge in [-0.3, -0.25) is 9.59 Å². The fraction of sp³-hybridized carbons (Fsp3) is 0.658. The molecule has 0 spiro atoms. The van der Waals surface area contributed by atoms with Crippen LogP contribution in [0.25, 0.3) is 0 Å². The second kappa shape index (κ2) is 18.0. The van der Waals surface area contributed by atoms with Crippen molar-refractivity contribution in [2.45, 2.75) is 109 Å². The third kappa shape index (κ3) is 10.0. The molecule has 1 atom stereocenters. The molecule has 0 radical (unpaired) electrons. The first-order chi connectivity index (χ1) is 25.0. The minimum atomic E-state index is -0.491. The number of hydrogen-bond acceptors (Lipinski definition) is 11. The SMILES string of the molecule is CC[C@@H]1C(=O)N(C)c2cnc(Nc3ccc(C(=O)NCCCOCCCOC4CCN(C(=O)OC(C)(C)C)CC4)cc3OC)nc2N1C1CCCC1. The first-order valence-corrected chi connectivity index (χ1v) is 18.8. The normalized spacial score (nSPS) is 18.4. The Hall–Kier alpha value is -4.17. The zero-order chi connectivity index (χ0) is 37.3. The van der Waals surface area contributed by atoms with Gasteiger partial charge in [-0.15, -0.1) is 0 Å². The molecular weight excluding hydrogens is 666 g/mol. The Morgan fingerprint density at radius 2 is 1.75 bits per heavy atom. The van der Waals surface area contributed by atoms with Crippen molar-refractivity contribution < 1.29 is 33.3 Å². The van der Waals surface area contributed by atoms with Gasteiger partial charge in [0, 0.05) is 58.1 Å². The smallest absolute Gasteiger partial charge is 0.410 e. The van der Waals surface area contributed by atoms with Crippen molar-refractivity contribution in [2.24, 2.45) is 0 Å². The minimum Gasteiger partial charge on any atom is -0.495 e. The average molecular weight is 724 g/mol. The Morgan fingerprint density at radius 3 is 2.44 bits per heavy atom. The number of carbonyl (C=O) groups excluding carboxylic acids is 3. The Morgan fingerprint density at radius 1 is 1.02 bits per heavy atom. The molecule has 1 aliphatic carbocycles. The summed E-state index contributed by atoms with van der Waals surface area (Å²) in [6.45, 7) is 11.1. The molecule has 0 bridgehead atoms. The van der Waals surface area contributed by atoms with Gasteiger partial charge in [-0.25, -0.2) is 9.78 Å². The molecule has 2 aromatic rings. The molecule has 5 rings (SSSR count). The highest BCUT2D eigenvalue weighted by atomic mass is 16.6. The number of likely N-dealkylation sites (N-methyl/N-ethyl adjacent to an activating group) is 1. The van der Waals surface area contributed by atoms with E-state index in [1.165, 1.54) is 0 Å². The fourth-order valence-corrected chi connectivity index (χ4v) is 7.02. The van der Waals surface area contributed by atoms with E-state index < -0.39 is 5.60 Å². The van der Waals surface area contributed by atoms with Crippen molar-refractivity contribution >= 4 is 41.0 Å². The van der Waals surface area contributed by atoms with E-state index in [1.807, 2.05) is 27.7 Å². The van der Waals surface area contributed by atoms with Crippen LogP contribution in [0.3, 0.4) is 0 Å². The summed E-state index contributed by atoms with van der Waals surface area (Å²) < 4.78 is 22.8. The lowest BCUT2D eigenvalue weighted by Crippen LogP contribution is -2.55. The maximum absolute atomic E-state index is 13.2. The molecule has 2 fully saturated rings. The molecule has 2 aliphatic heterocycles. The van der Waals surface area contributed by atoms with Gasteiger partial charge in [-0.1, -0.05) is 19.8 Å². The first-order valence-electron chi connectivity index (χ1n) is 18.8. The van der Waals surface area contributed by atoms with E-state index in [4.69, 9.17) is 23.9 Å². The number of ether oxygens (including phenoxy) is 4. The quantitative estimate of drug-likeness (QED) is 0.219. The zero-order valence-corrected chi connectivity index (χ0v) is 31.7. The number of benzene rings is 1. The van der Waals surface area contributed by atoms with Crippen LogP contribution in [0.5, 0.6) is 5.75 Å². The van der Waals surface area contributed by atoms with Crippen molar-refractivity contribution in [3.8, 4) is 5.75 Å². The maximum Gasteiger partial charge on any atom is 0.410 e. The molecule has 14 nitrogen and oxygen atoms in total. The third-order valence-electron chi connectivity index (χ3n) is 9.75. The van der Waals surface area contributed by atoms with E-state index >= 15 is 0 Å². The molecule has 0 unspecified atom stereocenters. The van der Waals surface area contributed by atoms with E-state index in [2.05, 4.69) is 20.5 Å². The van der Waals surface area contributed by atoms with Gasteiger partial charge in [0.25, 0.3) is 5.91 Å². The molecule has 3 heterocycles. The van der Waals surface area contributed by atoms with E-state index in [1.54, 1.807) is 48.4 Å². The average Bonchev–Trinajstić information content (AvgIpc) is 3.66. The van der Waals surface area contributed by atoms with Crippen LogP contribution in [0.4, 0.5) is 27.9 Å².